The highest BCUT2D eigenvalue weighted by molar-refractivity contribution is 7.99. The van der Waals surface area contributed by atoms with E-state index in [2.05, 4.69) is 16.9 Å². The van der Waals surface area contributed by atoms with Crippen molar-refractivity contribution < 1.29 is 19.8 Å². The summed E-state index contributed by atoms with van der Waals surface area (Å²) in [6, 6.07) is 0. The highest BCUT2D eigenvalue weighted by Gasteiger charge is 2.70. The van der Waals surface area contributed by atoms with Gasteiger partial charge in [-0.25, -0.2) is 4.98 Å². The molecule has 0 aromatic carbocycles. The van der Waals surface area contributed by atoms with Gasteiger partial charge >= 0.3 is 0 Å². The molecule has 1 aromatic rings. The number of rotatable bonds is 4. The Morgan fingerprint density at radius 2 is 2.16 bits per heavy atom. The number of ketones is 2. The molecule has 6 nitrogen and oxygen atoms in total. The summed E-state index contributed by atoms with van der Waals surface area (Å²) in [5, 5.41) is 24.1. The minimum absolute atomic E-state index is 0.00734. The maximum absolute atomic E-state index is 13.5. The van der Waals surface area contributed by atoms with Gasteiger partial charge in [-0.1, -0.05) is 44.2 Å². The molecule has 7 heteroatoms. The lowest BCUT2D eigenvalue weighted by atomic mass is 9.46. The molecular formula is C25H32N2O4S. The molecule has 0 saturated heterocycles. The summed E-state index contributed by atoms with van der Waals surface area (Å²) >= 11 is 1.31. The molecule has 172 valence electrons. The first-order valence-corrected chi connectivity index (χ1v) is 12.6. The smallest absolute Gasteiger partial charge is 0.178 e. The van der Waals surface area contributed by atoms with Gasteiger partial charge in [-0.05, 0) is 55.6 Å². The van der Waals surface area contributed by atoms with Crippen LogP contribution in [0.5, 0.6) is 0 Å². The van der Waals surface area contributed by atoms with Crippen LogP contribution < -0.4 is 0 Å². The lowest BCUT2D eigenvalue weighted by molar-refractivity contribution is -0.179. The number of aromatic nitrogens is 2. The number of H-pyrrole nitrogens is 1. The summed E-state index contributed by atoms with van der Waals surface area (Å²) < 4.78 is 0. The highest BCUT2D eigenvalue weighted by Crippen LogP contribution is 2.68. The van der Waals surface area contributed by atoms with E-state index in [1.807, 2.05) is 19.9 Å². The molecular weight excluding hydrogens is 424 g/mol. The van der Waals surface area contributed by atoms with Crippen molar-refractivity contribution in [2.75, 3.05) is 5.75 Å². The number of fused-ring (bicyclic) bond motifs is 5. The van der Waals surface area contributed by atoms with Crippen LogP contribution in [0.3, 0.4) is 0 Å². The van der Waals surface area contributed by atoms with Gasteiger partial charge in [-0.3, -0.25) is 9.59 Å². The summed E-state index contributed by atoms with van der Waals surface area (Å²) in [5.74, 6) is 0.162. The number of nitrogens with one attached hydrogen (secondary N) is 1. The zero-order valence-electron chi connectivity index (χ0n) is 18.9. The molecule has 4 aliphatic carbocycles. The van der Waals surface area contributed by atoms with E-state index in [-0.39, 0.29) is 46.4 Å². The predicted molar refractivity (Wildman–Crippen MR) is 122 cm³/mol. The van der Waals surface area contributed by atoms with Crippen molar-refractivity contribution in [2.24, 2.45) is 34.5 Å². The lowest BCUT2D eigenvalue weighted by Gasteiger charge is -2.59. The van der Waals surface area contributed by atoms with Crippen molar-refractivity contribution in [3.8, 4) is 0 Å². The third kappa shape index (κ3) is 2.90. The normalized spacial score (nSPS) is 45.1. The van der Waals surface area contributed by atoms with Crippen LogP contribution in [0, 0.1) is 34.5 Å². The first-order valence-electron chi connectivity index (χ1n) is 11.6. The zero-order chi connectivity index (χ0) is 22.9. The number of hydrogen-bond acceptors (Lipinski definition) is 6. The number of aliphatic hydroxyl groups is 2. The molecule has 32 heavy (non-hydrogen) atoms. The number of Topliss-reactive ketones (excluding diaryl/α,β-unsaturated/α-hetero) is 1. The molecule has 0 bridgehead atoms. The maximum Gasteiger partial charge on any atom is 0.178 e. The number of nitrogens with zero attached hydrogens (tertiary/aromatic N) is 1. The SMILES string of the molecule is C[C@@H]1CC2C3CCC4=CC(=O)C=CC4(C)C3C(O)CC2(C)[C@@]1(O)C(=O)CSc1ncc[nH]1. The Morgan fingerprint density at radius 3 is 2.88 bits per heavy atom. The zero-order valence-corrected chi connectivity index (χ0v) is 19.7. The number of aliphatic hydroxyl groups excluding tert-OH is 1. The quantitative estimate of drug-likeness (QED) is 0.601. The number of aromatic amines is 1. The van der Waals surface area contributed by atoms with Gasteiger partial charge in [0, 0.05) is 29.1 Å². The second-order valence-electron chi connectivity index (χ2n) is 10.7. The van der Waals surface area contributed by atoms with Gasteiger partial charge in [0.2, 0.25) is 0 Å². The maximum atomic E-state index is 13.5. The minimum Gasteiger partial charge on any atom is -0.393 e. The largest absolute Gasteiger partial charge is 0.393 e. The average molecular weight is 457 g/mol. The van der Waals surface area contributed by atoms with E-state index in [1.54, 1.807) is 24.5 Å². The minimum atomic E-state index is -1.47. The number of allylic oxidation sites excluding steroid dienone is 4. The van der Waals surface area contributed by atoms with Crippen LogP contribution in [0.15, 0.2) is 41.4 Å². The van der Waals surface area contributed by atoms with Gasteiger partial charge < -0.3 is 15.2 Å². The van der Waals surface area contributed by atoms with E-state index in [4.69, 9.17) is 0 Å². The van der Waals surface area contributed by atoms with Gasteiger partial charge in [0.1, 0.15) is 5.60 Å². The number of carbonyl (C=O) groups excluding carboxylic acids is 2. The molecule has 0 radical (unpaired) electrons. The van der Waals surface area contributed by atoms with Gasteiger partial charge in [0.15, 0.2) is 16.7 Å². The fourth-order valence-electron chi connectivity index (χ4n) is 7.83. The summed E-state index contributed by atoms with van der Waals surface area (Å²) in [6.45, 7) is 6.14. The van der Waals surface area contributed by atoms with Crippen LogP contribution in [0.1, 0.15) is 46.5 Å². The van der Waals surface area contributed by atoms with Crippen molar-refractivity contribution in [2.45, 2.75) is 63.3 Å². The van der Waals surface area contributed by atoms with Crippen molar-refractivity contribution in [3.63, 3.8) is 0 Å². The molecule has 0 aliphatic heterocycles. The van der Waals surface area contributed by atoms with Crippen molar-refractivity contribution >= 4 is 23.3 Å². The Kier molecular flexibility index (Phi) is 5.12. The Hall–Kier alpha value is -1.70. The molecule has 8 atom stereocenters. The van der Waals surface area contributed by atoms with Crippen LogP contribution in [-0.4, -0.2) is 49.2 Å². The van der Waals surface area contributed by atoms with Crippen LogP contribution >= 0.6 is 11.8 Å². The number of carbonyl (C=O) groups is 2. The standard InChI is InChI=1S/C25H32N2O4S/c1-14-10-18-17-5-4-15-11-16(28)6-7-23(15,2)21(17)19(29)12-24(18,3)25(14,31)20(30)13-32-22-26-8-9-27-22/h6-9,11,14,17-19,21,29,31H,4-5,10,12-13H2,1-3H3,(H,26,27)/t14-,17?,18?,19?,21?,23?,24?,25+/m1/s1. The van der Waals surface area contributed by atoms with E-state index < -0.39 is 17.1 Å². The molecule has 3 fully saturated rings. The first kappa shape index (κ1) is 22.1. The summed E-state index contributed by atoms with van der Waals surface area (Å²) in [7, 11) is 0. The Balaban J connectivity index is 1.46. The number of imidazole rings is 1. The summed E-state index contributed by atoms with van der Waals surface area (Å²) in [6.07, 6.45) is 11.0. The van der Waals surface area contributed by atoms with E-state index in [0.29, 0.717) is 11.6 Å². The second-order valence-corrected chi connectivity index (χ2v) is 11.7. The van der Waals surface area contributed by atoms with Crippen LogP contribution in [0.25, 0.3) is 0 Å². The van der Waals surface area contributed by atoms with Gasteiger partial charge in [0.05, 0.1) is 11.9 Å². The van der Waals surface area contributed by atoms with E-state index >= 15 is 0 Å². The van der Waals surface area contributed by atoms with Gasteiger partial charge in [-0.2, -0.15) is 0 Å². The third-order valence-electron chi connectivity index (χ3n) is 9.32. The molecule has 4 aliphatic rings. The van der Waals surface area contributed by atoms with E-state index in [1.165, 1.54) is 11.8 Å². The Morgan fingerprint density at radius 1 is 1.38 bits per heavy atom. The fourth-order valence-corrected chi connectivity index (χ4v) is 8.60. The Bertz CT molecular complexity index is 1000. The molecule has 3 saturated carbocycles. The number of hydrogen-bond donors (Lipinski definition) is 3. The first-order chi connectivity index (χ1) is 15.1. The third-order valence-corrected chi connectivity index (χ3v) is 10.2. The predicted octanol–water partition coefficient (Wildman–Crippen LogP) is 3.33. The Labute approximate surface area is 193 Å². The summed E-state index contributed by atoms with van der Waals surface area (Å²) in [4.78, 5) is 32.6. The highest BCUT2D eigenvalue weighted by atomic mass is 32.2. The molecule has 3 N–H and O–H groups in total. The topological polar surface area (TPSA) is 103 Å². The van der Waals surface area contributed by atoms with Crippen molar-refractivity contribution in [1.82, 2.24) is 9.97 Å². The molecule has 0 spiro atoms. The van der Waals surface area contributed by atoms with Crippen molar-refractivity contribution in [1.29, 1.82) is 0 Å². The van der Waals surface area contributed by atoms with Crippen LogP contribution in [0.2, 0.25) is 0 Å². The van der Waals surface area contributed by atoms with Gasteiger partial charge in [-0.15, -0.1) is 0 Å². The fraction of sp³-hybridized carbons (Fsp3) is 0.640. The average Bonchev–Trinajstić information content (AvgIpc) is 3.33. The summed E-state index contributed by atoms with van der Waals surface area (Å²) in [5.41, 5.74) is -1.39. The molecule has 0 amide bonds. The van der Waals surface area contributed by atoms with Gasteiger partial charge in [0.25, 0.3) is 0 Å². The molecule has 6 unspecified atom stereocenters. The number of thioether (sulfide) groups is 1. The molecule has 1 heterocycles. The van der Waals surface area contributed by atoms with E-state index in [0.717, 1.165) is 24.8 Å². The lowest BCUT2D eigenvalue weighted by Crippen LogP contribution is -2.62. The van der Waals surface area contributed by atoms with Crippen molar-refractivity contribution in [3.05, 3.63) is 36.2 Å². The molecule has 5 rings (SSSR count). The monoisotopic (exact) mass is 456 g/mol. The van der Waals surface area contributed by atoms with Crippen LogP contribution in [-0.2, 0) is 9.59 Å². The van der Waals surface area contributed by atoms with Crippen LogP contribution in [0.4, 0.5) is 0 Å². The van der Waals surface area contributed by atoms with E-state index in [9.17, 15) is 19.8 Å². The second kappa shape index (κ2) is 7.40. The molecule has 1 aromatic heterocycles.